The first-order chi connectivity index (χ1) is 5.97. The van der Waals surface area contributed by atoms with Crippen LogP contribution in [-0.2, 0) is 5.41 Å². The number of aromatic nitrogens is 2. The predicted molar refractivity (Wildman–Crippen MR) is 52.7 cm³/mol. The van der Waals surface area contributed by atoms with E-state index in [0.29, 0.717) is 6.04 Å². The lowest BCUT2D eigenvalue weighted by Crippen LogP contribution is -2.21. The summed E-state index contributed by atoms with van der Waals surface area (Å²) in [6.45, 7) is 8.34. The van der Waals surface area contributed by atoms with Gasteiger partial charge in [-0.2, -0.15) is 5.10 Å². The molecule has 1 N–H and O–H groups in total. The molecule has 0 amide bonds. The zero-order valence-electron chi connectivity index (χ0n) is 8.78. The van der Waals surface area contributed by atoms with Crippen LogP contribution < -0.4 is 0 Å². The molecule has 0 aromatic carbocycles. The van der Waals surface area contributed by atoms with Gasteiger partial charge in [-0.05, 0) is 19.4 Å². The Bertz CT molecular complexity index is 276. The van der Waals surface area contributed by atoms with E-state index in [-0.39, 0.29) is 12.0 Å². The van der Waals surface area contributed by atoms with Crippen molar-refractivity contribution in [3.8, 4) is 0 Å². The molecular weight excluding hydrogens is 164 g/mol. The van der Waals surface area contributed by atoms with Crippen molar-refractivity contribution in [3.63, 3.8) is 0 Å². The summed E-state index contributed by atoms with van der Waals surface area (Å²) >= 11 is 0. The van der Waals surface area contributed by atoms with Gasteiger partial charge in [-0.25, -0.2) is 0 Å². The van der Waals surface area contributed by atoms with Crippen LogP contribution in [0.4, 0.5) is 0 Å². The number of hydrogen-bond donors (Lipinski definition) is 1. The van der Waals surface area contributed by atoms with Crippen LogP contribution >= 0.6 is 0 Å². The van der Waals surface area contributed by atoms with Crippen LogP contribution in [0.15, 0.2) is 12.4 Å². The Hall–Kier alpha value is -0.830. The highest BCUT2D eigenvalue weighted by Gasteiger charge is 2.21. The molecule has 1 aromatic rings. The van der Waals surface area contributed by atoms with Gasteiger partial charge in [0.15, 0.2) is 0 Å². The fraction of sp³-hybridized carbons (Fsp3) is 0.700. The normalized spacial score (nSPS) is 12.5. The van der Waals surface area contributed by atoms with Gasteiger partial charge in [0, 0.05) is 17.7 Å². The Balaban J connectivity index is 2.91. The third kappa shape index (κ3) is 2.10. The molecule has 0 atom stereocenters. The average Bonchev–Trinajstić information content (AvgIpc) is 2.52. The van der Waals surface area contributed by atoms with E-state index < -0.39 is 0 Å². The molecular formula is C10H18N2O. The first-order valence-corrected chi connectivity index (χ1v) is 4.63. The number of aliphatic hydroxyl groups excluding tert-OH is 1. The first-order valence-electron chi connectivity index (χ1n) is 4.63. The molecule has 3 heteroatoms. The summed E-state index contributed by atoms with van der Waals surface area (Å²) in [5.74, 6) is 0. The molecule has 0 aliphatic rings. The average molecular weight is 182 g/mol. The smallest absolute Gasteiger partial charge is 0.0528 e. The SMILES string of the molecule is CC(C)n1cc(C(C)(C)CO)cn1. The molecule has 13 heavy (non-hydrogen) atoms. The predicted octanol–water partition coefficient (Wildman–Crippen LogP) is 1.73. The van der Waals surface area contributed by atoms with Gasteiger partial charge >= 0.3 is 0 Å². The van der Waals surface area contributed by atoms with E-state index in [1.165, 1.54) is 0 Å². The Morgan fingerprint density at radius 1 is 1.54 bits per heavy atom. The third-order valence-corrected chi connectivity index (χ3v) is 2.31. The van der Waals surface area contributed by atoms with Crippen LogP contribution in [0.1, 0.15) is 39.3 Å². The van der Waals surface area contributed by atoms with Gasteiger partial charge in [0.1, 0.15) is 0 Å². The van der Waals surface area contributed by atoms with Crippen LogP contribution in [0, 0.1) is 0 Å². The molecule has 0 fully saturated rings. The Morgan fingerprint density at radius 2 is 2.15 bits per heavy atom. The summed E-state index contributed by atoms with van der Waals surface area (Å²) in [5.41, 5.74) is 0.899. The molecule has 0 saturated heterocycles. The van der Waals surface area contributed by atoms with Gasteiger partial charge in [-0.3, -0.25) is 4.68 Å². The minimum Gasteiger partial charge on any atom is -0.395 e. The molecule has 0 aliphatic carbocycles. The van der Waals surface area contributed by atoms with Gasteiger partial charge in [0.25, 0.3) is 0 Å². The van der Waals surface area contributed by atoms with E-state index >= 15 is 0 Å². The fourth-order valence-corrected chi connectivity index (χ4v) is 1.06. The highest BCUT2D eigenvalue weighted by atomic mass is 16.3. The Labute approximate surface area is 79.4 Å². The van der Waals surface area contributed by atoms with E-state index in [2.05, 4.69) is 18.9 Å². The van der Waals surface area contributed by atoms with Gasteiger partial charge in [0.2, 0.25) is 0 Å². The molecule has 0 saturated carbocycles. The number of nitrogens with zero attached hydrogens (tertiary/aromatic N) is 2. The summed E-state index contributed by atoms with van der Waals surface area (Å²) in [7, 11) is 0. The van der Waals surface area contributed by atoms with Crippen molar-refractivity contribution in [2.24, 2.45) is 0 Å². The Kier molecular flexibility index (Phi) is 2.76. The molecule has 0 spiro atoms. The van der Waals surface area contributed by atoms with Gasteiger partial charge in [-0.15, -0.1) is 0 Å². The van der Waals surface area contributed by atoms with Crippen LogP contribution in [0.3, 0.4) is 0 Å². The number of hydrogen-bond acceptors (Lipinski definition) is 2. The lowest BCUT2D eigenvalue weighted by molar-refractivity contribution is 0.218. The summed E-state index contributed by atoms with van der Waals surface area (Å²) in [5, 5.41) is 13.4. The van der Waals surface area contributed by atoms with Crippen molar-refractivity contribution in [3.05, 3.63) is 18.0 Å². The van der Waals surface area contributed by atoms with E-state index in [4.69, 9.17) is 5.11 Å². The van der Waals surface area contributed by atoms with Crippen molar-refractivity contribution < 1.29 is 5.11 Å². The number of aliphatic hydroxyl groups is 1. The van der Waals surface area contributed by atoms with Gasteiger partial charge < -0.3 is 5.11 Å². The van der Waals surface area contributed by atoms with Crippen molar-refractivity contribution in [1.82, 2.24) is 9.78 Å². The van der Waals surface area contributed by atoms with E-state index in [9.17, 15) is 0 Å². The second-order valence-electron chi connectivity index (χ2n) is 4.34. The molecule has 3 nitrogen and oxygen atoms in total. The molecule has 1 aromatic heterocycles. The van der Waals surface area contributed by atoms with E-state index in [1.807, 2.05) is 30.9 Å². The monoisotopic (exact) mass is 182 g/mol. The van der Waals surface area contributed by atoms with Crippen LogP contribution in [-0.4, -0.2) is 21.5 Å². The van der Waals surface area contributed by atoms with Crippen LogP contribution in [0.2, 0.25) is 0 Å². The maximum Gasteiger partial charge on any atom is 0.0528 e. The summed E-state index contributed by atoms with van der Waals surface area (Å²) in [4.78, 5) is 0. The van der Waals surface area contributed by atoms with Crippen molar-refractivity contribution in [1.29, 1.82) is 0 Å². The van der Waals surface area contributed by atoms with E-state index in [0.717, 1.165) is 5.56 Å². The second kappa shape index (κ2) is 3.50. The quantitative estimate of drug-likeness (QED) is 0.773. The van der Waals surface area contributed by atoms with Crippen molar-refractivity contribution in [2.45, 2.75) is 39.2 Å². The molecule has 0 aliphatic heterocycles. The number of rotatable bonds is 3. The topological polar surface area (TPSA) is 38.0 Å². The minimum absolute atomic E-state index is 0.150. The third-order valence-electron chi connectivity index (χ3n) is 2.31. The molecule has 0 unspecified atom stereocenters. The van der Waals surface area contributed by atoms with Crippen LogP contribution in [0.5, 0.6) is 0 Å². The standard InChI is InChI=1S/C10H18N2O/c1-8(2)12-6-9(5-11-12)10(3,4)7-13/h5-6,8,13H,7H2,1-4H3. The van der Waals surface area contributed by atoms with Crippen molar-refractivity contribution >= 4 is 0 Å². The zero-order valence-corrected chi connectivity index (χ0v) is 8.78. The molecule has 1 heterocycles. The minimum atomic E-state index is -0.187. The zero-order chi connectivity index (χ0) is 10.1. The highest BCUT2D eigenvalue weighted by Crippen LogP contribution is 2.22. The first kappa shape index (κ1) is 10.3. The van der Waals surface area contributed by atoms with E-state index in [1.54, 1.807) is 0 Å². The fourth-order valence-electron chi connectivity index (χ4n) is 1.06. The molecule has 0 bridgehead atoms. The van der Waals surface area contributed by atoms with Crippen molar-refractivity contribution in [2.75, 3.05) is 6.61 Å². The largest absolute Gasteiger partial charge is 0.395 e. The van der Waals surface area contributed by atoms with Gasteiger partial charge in [0.05, 0.1) is 12.8 Å². The highest BCUT2D eigenvalue weighted by molar-refractivity contribution is 5.16. The summed E-state index contributed by atoms with van der Waals surface area (Å²) < 4.78 is 1.91. The molecule has 1 rings (SSSR count). The summed E-state index contributed by atoms with van der Waals surface area (Å²) in [6.07, 6.45) is 3.83. The molecule has 0 radical (unpaired) electrons. The maximum atomic E-state index is 9.16. The Morgan fingerprint density at radius 3 is 2.54 bits per heavy atom. The lowest BCUT2D eigenvalue weighted by Gasteiger charge is -2.19. The van der Waals surface area contributed by atoms with Crippen LogP contribution in [0.25, 0.3) is 0 Å². The van der Waals surface area contributed by atoms with Gasteiger partial charge in [-0.1, -0.05) is 13.8 Å². The maximum absolute atomic E-state index is 9.16. The molecule has 74 valence electrons. The second-order valence-corrected chi connectivity index (χ2v) is 4.34. The lowest BCUT2D eigenvalue weighted by atomic mass is 9.88. The summed E-state index contributed by atoms with van der Waals surface area (Å²) in [6, 6.07) is 0.378.